The zero-order valence-corrected chi connectivity index (χ0v) is 12.5. The van der Waals surface area contributed by atoms with Gasteiger partial charge in [-0.1, -0.05) is 0 Å². The van der Waals surface area contributed by atoms with Gasteiger partial charge >= 0.3 is 12.1 Å². The Kier molecular flexibility index (Phi) is 4.70. The molecule has 2 aromatic carbocycles. The molecule has 2 aromatic rings. The first-order chi connectivity index (χ1) is 10.9. The van der Waals surface area contributed by atoms with Crippen molar-refractivity contribution in [2.24, 2.45) is 0 Å². The fraction of sp³-hybridized carbons (Fsp3) is 0.125. The maximum atomic E-state index is 12.1. The highest BCUT2D eigenvalue weighted by Crippen LogP contribution is 2.25. The zero-order chi connectivity index (χ0) is 17.0. The van der Waals surface area contributed by atoms with E-state index in [1.165, 1.54) is 49.4 Å². The number of hydrogen-bond acceptors (Lipinski definition) is 6. The van der Waals surface area contributed by atoms with Crippen molar-refractivity contribution >= 4 is 17.7 Å². The van der Waals surface area contributed by atoms with E-state index < -0.39 is 12.1 Å². The van der Waals surface area contributed by atoms with E-state index in [1.807, 2.05) is 0 Å². The zero-order valence-electron chi connectivity index (χ0n) is 12.5. The summed E-state index contributed by atoms with van der Waals surface area (Å²) in [5.41, 5.74) is 0.407. The Hall–Kier alpha value is -3.22. The predicted octanol–water partition coefficient (Wildman–Crippen LogP) is 2.52. The van der Waals surface area contributed by atoms with Crippen LogP contribution in [0.15, 0.2) is 42.5 Å². The number of rotatable bonds is 3. The number of benzene rings is 2. The number of carbonyl (C=O) groups is 2. The molecule has 7 nitrogen and oxygen atoms in total. The van der Waals surface area contributed by atoms with Gasteiger partial charge in [-0.2, -0.15) is 0 Å². The number of nitrogens with zero attached hydrogens (tertiary/aromatic N) is 1. The largest absolute Gasteiger partial charge is 0.508 e. The fourth-order valence-electron chi connectivity index (χ4n) is 1.80. The van der Waals surface area contributed by atoms with E-state index >= 15 is 0 Å². The summed E-state index contributed by atoms with van der Waals surface area (Å²) >= 11 is 0. The molecule has 0 spiro atoms. The van der Waals surface area contributed by atoms with Crippen molar-refractivity contribution in [1.29, 1.82) is 0 Å². The molecule has 0 aliphatic carbocycles. The normalized spacial score (nSPS) is 10.0. The first kappa shape index (κ1) is 16.2. The minimum atomic E-state index is -0.743. The van der Waals surface area contributed by atoms with Gasteiger partial charge in [-0.05, 0) is 42.5 Å². The molecule has 2 N–H and O–H groups in total. The molecule has 0 bridgehead atoms. The molecule has 7 heteroatoms. The van der Waals surface area contributed by atoms with Gasteiger partial charge in [-0.25, -0.2) is 9.59 Å². The molecule has 0 heterocycles. The molecule has 0 unspecified atom stereocenters. The van der Waals surface area contributed by atoms with Crippen LogP contribution in [0.3, 0.4) is 0 Å². The number of methoxy groups -OCH3 is 1. The Morgan fingerprint density at radius 3 is 2.30 bits per heavy atom. The lowest BCUT2D eigenvalue weighted by Gasteiger charge is -2.17. The third-order valence-electron chi connectivity index (χ3n) is 3.09. The highest BCUT2D eigenvalue weighted by atomic mass is 16.6. The lowest BCUT2D eigenvalue weighted by atomic mass is 10.2. The molecule has 0 fully saturated rings. The summed E-state index contributed by atoms with van der Waals surface area (Å²) in [6, 6.07) is 9.77. The number of amides is 1. The monoisotopic (exact) mass is 317 g/mol. The summed E-state index contributed by atoms with van der Waals surface area (Å²) in [4.78, 5) is 24.8. The second-order valence-electron chi connectivity index (χ2n) is 4.61. The average molecular weight is 317 g/mol. The van der Waals surface area contributed by atoms with E-state index in [0.29, 0.717) is 5.69 Å². The SMILES string of the molecule is COC(=O)c1cc(OC(=O)N(C)c2ccc(O)cc2)ccc1O. The molecule has 0 aliphatic heterocycles. The third kappa shape index (κ3) is 3.70. The molecular weight excluding hydrogens is 302 g/mol. The first-order valence-electron chi connectivity index (χ1n) is 6.58. The summed E-state index contributed by atoms with van der Waals surface area (Å²) in [6.45, 7) is 0. The summed E-state index contributed by atoms with van der Waals surface area (Å²) in [7, 11) is 2.68. The highest BCUT2D eigenvalue weighted by Gasteiger charge is 2.17. The minimum Gasteiger partial charge on any atom is -0.508 e. The second-order valence-corrected chi connectivity index (χ2v) is 4.61. The van der Waals surface area contributed by atoms with E-state index in [-0.39, 0.29) is 22.8 Å². The summed E-state index contributed by atoms with van der Waals surface area (Å²) < 4.78 is 9.69. The van der Waals surface area contributed by atoms with Gasteiger partial charge in [0.1, 0.15) is 22.8 Å². The van der Waals surface area contributed by atoms with E-state index in [9.17, 15) is 19.8 Å². The number of anilines is 1. The number of phenols is 2. The standard InChI is InChI=1S/C16H15NO6/c1-17(10-3-5-11(18)6-4-10)16(21)23-12-7-8-14(19)13(9-12)15(20)22-2/h3-9,18-19H,1-2H3. The van der Waals surface area contributed by atoms with E-state index in [0.717, 1.165) is 0 Å². The van der Waals surface area contributed by atoms with Crippen LogP contribution in [0.4, 0.5) is 10.5 Å². The van der Waals surface area contributed by atoms with Crippen LogP contribution in [-0.2, 0) is 4.74 Å². The molecule has 0 saturated carbocycles. The van der Waals surface area contributed by atoms with Gasteiger partial charge in [0.15, 0.2) is 0 Å². The maximum absolute atomic E-state index is 12.1. The van der Waals surface area contributed by atoms with Crippen LogP contribution < -0.4 is 9.64 Å². The number of ether oxygens (including phenoxy) is 2. The molecular formula is C16H15NO6. The van der Waals surface area contributed by atoms with Crippen LogP contribution in [0, 0.1) is 0 Å². The Bertz CT molecular complexity index is 726. The van der Waals surface area contributed by atoms with Gasteiger partial charge in [0, 0.05) is 12.7 Å². The van der Waals surface area contributed by atoms with Crippen LogP contribution >= 0.6 is 0 Å². The highest BCUT2D eigenvalue weighted by molar-refractivity contribution is 5.93. The van der Waals surface area contributed by atoms with Crippen LogP contribution in [-0.4, -0.2) is 36.4 Å². The quantitative estimate of drug-likeness (QED) is 0.844. The average Bonchev–Trinajstić information content (AvgIpc) is 2.55. The van der Waals surface area contributed by atoms with Crippen molar-refractivity contribution in [2.75, 3.05) is 19.1 Å². The van der Waals surface area contributed by atoms with Crippen molar-refractivity contribution in [1.82, 2.24) is 0 Å². The Morgan fingerprint density at radius 1 is 1.04 bits per heavy atom. The second kappa shape index (κ2) is 6.69. The van der Waals surface area contributed by atoms with E-state index in [4.69, 9.17) is 4.74 Å². The van der Waals surface area contributed by atoms with Gasteiger partial charge in [0.2, 0.25) is 0 Å². The van der Waals surface area contributed by atoms with E-state index in [1.54, 1.807) is 12.1 Å². The van der Waals surface area contributed by atoms with Crippen LogP contribution in [0.25, 0.3) is 0 Å². The lowest BCUT2D eigenvalue weighted by Crippen LogP contribution is -2.29. The first-order valence-corrected chi connectivity index (χ1v) is 6.58. The Balaban J connectivity index is 2.16. The van der Waals surface area contributed by atoms with Crippen molar-refractivity contribution in [3.63, 3.8) is 0 Å². The van der Waals surface area contributed by atoms with Crippen molar-refractivity contribution in [2.45, 2.75) is 0 Å². The fourth-order valence-corrected chi connectivity index (χ4v) is 1.80. The van der Waals surface area contributed by atoms with Gasteiger partial charge in [0.05, 0.1) is 7.11 Å². The van der Waals surface area contributed by atoms with Gasteiger partial charge in [0.25, 0.3) is 0 Å². The van der Waals surface area contributed by atoms with Gasteiger partial charge < -0.3 is 19.7 Å². The summed E-state index contributed by atoms with van der Waals surface area (Å²) in [6.07, 6.45) is -0.697. The van der Waals surface area contributed by atoms with E-state index in [2.05, 4.69) is 4.74 Å². The number of hydrogen-bond donors (Lipinski definition) is 2. The number of carbonyl (C=O) groups excluding carboxylic acids is 2. The molecule has 1 amide bonds. The molecule has 23 heavy (non-hydrogen) atoms. The number of aromatic hydroxyl groups is 2. The Morgan fingerprint density at radius 2 is 1.70 bits per heavy atom. The lowest BCUT2D eigenvalue weighted by molar-refractivity contribution is 0.0597. The number of phenolic OH excluding ortho intramolecular Hbond substituents is 2. The molecule has 0 saturated heterocycles. The topological polar surface area (TPSA) is 96.3 Å². The maximum Gasteiger partial charge on any atom is 0.419 e. The minimum absolute atomic E-state index is 0.0803. The molecule has 0 aromatic heterocycles. The van der Waals surface area contributed by atoms with Crippen LogP contribution in [0.5, 0.6) is 17.2 Å². The Labute approximate surface area is 132 Å². The van der Waals surface area contributed by atoms with Crippen LogP contribution in [0.1, 0.15) is 10.4 Å². The predicted molar refractivity (Wildman–Crippen MR) is 82.0 cm³/mol. The van der Waals surface area contributed by atoms with Gasteiger partial charge in [-0.3, -0.25) is 4.90 Å². The van der Waals surface area contributed by atoms with Gasteiger partial charge in [-0.15, -0.1) is 0 Å². The third-order valence-corrected chi connectivity index (χ3v) is 3.09. The molecule has 120 valence electrons. The van der Waals surface area contributed by atoms with Crippen molar-refractivity contribution in [3.05, 3.63) is 48.0 Å². The molecule has 0 radical (unpaired) electrons. The van der Waals surface area contributed by atoms with Crippen molar-refractivity contribution in [3.8, 4) is 17.2 Å². The van der Waals surface area contributed by atoms with Crippen molar-refractivity contribution < 1.29 is 29.3 Å². The molecule has 0 atom stereocenters. The van der Waals surface area contributed by atoms with Crippen LogP contribution in [0.2, 0.25) is 0 Å². The summed E-state index contributed by atoms with van der Waals surface area (Å²) in [5, 5.41) is 18.9. The summed E-state index contributed by atoms with van der Waals surface area (Å²) in [5.74, 6) is -0.855. The molecule has 0 aliphatic rings. The number of esters is 1. The smallest absolute Gasteiger partial charge is 0.419 e. The molecule has 2 rings (SSSR count).